The van der Waals surface area contributed by atoms with E-state index in [2.05, 4.69) is 12.3 Å². The highest BCUT2D eigenvalue weighted by Gasteiger charge is 2.32. The minimum Gasteiger partial charge on any atom is -0.393 e. The molecule has 1 fully saturated rings. The van der Waals surface area contributed by atoms with E-state index in [1.54, 1.807) is 11.3 Å². The van der Waals surface area contributed by atoms with Crippen LogP contribution >= 0.6 is 11.3 Å². The summed E-state index contributed by atoms with van der Waals surface area (Å²) in [6.45, 7) is 5.61. The van der Waals surface area contributed by atoms with Gasteiger partial charge in [0.1, 0.15) is 0 Å². The summed E-state index contributed by atoms with van der Waals surface area (Å²) in [6, 6.07) is 0. The van der Waals surface area contributed by atoms with Gasteiger partial charge in [0.25, 0.3) is 5.91 Å². The second kappa shape index (κ2) is 5.49. The molecule has 0 saturated carbocycles. The van der Waals surface area contributed by atoms with Gasteiger partial charge in [-0.1, -0.05) is 6.92 Å². The zero-order valence-corrected chi connectivity index (χ0v) is 13.1. The first-order valence-electron chi connectivity index (χ1n) is 7.63. The molecule has 1 N–H and O–H groups in total. The van der Waals surface area contributed by atoms with Crippen molar-refractivity contribution < 1.29 is 9.90 Å². The van der Waals surface area contributed by atoms with Gasteiger partial charge in [0, 0.05) is 29.3 Å². The Morgan fingerprint density at radius 1 is 1.50 bits per heavy atom. The number of fused-ring (bicyclic) bond motifs is 1. The summed E-state index contributed by atoms with van der Waals surface area (Å²) in [6.07, 6.45) is 3.98. The van der Waals surface area contributed by atoms with Gasteiger partial charge in [-0.2, -0.15) is 0 Å². The number of hydrogen-bond donors (Lipinski definition) is 1. The molecule has 1 aromatic heterocycles. The fraction of sp³-hybridized carbons (Fsp3) is 0.688. The highest BCUT2D eigenvalue weighted by Crippen LogP contribution is 2.34. The number of carbonyl (C=O) groups excluding carboxylic acids is 1. The molecule has 1 aromatic rings. The first-order valence-corrected chi connectivity index (χ1v) is 8.50. The summed E-state index contributed by atoms with van der Waals surface area (Å²) in [7, 11) is 0. The SMILES string of the molecule is CC1CCc2c(C(=O)N3CCC(C(C)O)C3)csc2C1. The van der Waals surface area contributed by atoms with Crippen molar-refractivity contribution in [2.24, 2.45) is 11.8 Å². The third-order valence-corrected chi connectivity index (χ3v) is 5.88. The van der Waals surface area contributed by atoms with Gasteiger partial charge in [0.15, 0.2) is 0 Å². The molecule has 0 aromatic carbocycles. The topological polar surface area (TPSA) is 40.5 Å². The summed E-state index contributed by atoms with van der Waals surface area (Å²) in [5.41, 5.74) is 2.24. The van der Waals surface area contributed by atoms with Crippen LogP contribution in [0.15, 0.2) is 5.38 Å². The molecular weight excluding hydrogens is 270 g/mol. The smallest absolute Gasteiger partial charge is 0.254 e. The van der Waals surface area contributed by atoms with Crippen molar-refractivity contribution in [1.29, 1.82) is 0 Å². The van der Waals surface area contributed by atoms with E-state index in [4.69, 9.17) is 0 Å². The van der Waals surface area contributed by atoms with Gasteiger partial charge < -0.3 is 10.0 Å². The average molecular weight is 293 g/mol. The van der Waals surface area contributed by atoms with Crippen molar-refractivity contribution >= 4 is 17.2 Å². The van der Waals surface area contributed by atoms with E-state index in [0.29, 0.717) is 6.54 Å². The van der Waals surface area contributed by atoms with Gasteiger partial charge in [-0.05, 0) is 44.1 Å². The van der Waals surface area contributed by atoms with E-state index >= 15 is 0 Å². The Labute approximate surface area is 124 Å². The standard InChI is InChI=1S/C16H23NO2S/c1-10-3-4-13-14(9-20-15(13)7-10)16(19)17-6-5-12(8-17)11(2)18/h9-12,18H,3-8H2,1-2H3. The lowest BCUT2D eigenvalue weighted by atomic mass is 9.88. The van der Waals surface area contributed by atoms with Crippen LogP contribution in [0, 0.1) is 11.8 Å². The summed E-state index contributed by atoms with van der Waals surface area (Å²) >= 11 is 1.75. The third-order valence-electron chi connectivity index (χ3n) is 4.83. The van der Waals surface area contributed by atoms with Crippen molar-refractivity contribution in [1.82, 2.24) is 4.90 Å². The Kier molecular flexibility index (Phi) is 3.87. The second-order valence-electron chi connectivity index (χ2n) is 6.44. The fourth-order valence-corrected chi connectivity index (χ4v) is 4.63. The minimum atomic E-state index is -0.315. The first-order chi connectivity index (χ1) is 9.56. The third kappa shape index (κ3) is 2.51. The van der Waals surface area contributed by atoms with Crippen LogP contribution in [0.4, 0.5) is 0 Å². The maximum Gasteiger partial charge on any atom is 0.254 e. The average Bonchev–Trinajstić information content (AvgIpc) is 3.04. The monoisotopic (exact) mass is 293 g/mol. The van der Waals surface area contributed by atoms with Crippen LogP contribution in [0.5, 0.6) is 0 Å². The number of hydrogen-bond acceptors (Lipinski definition) is 3. The number of thiophene rings is 1. The molecule has 1 saturated heterocycles. The van der Waals surface area contributed by atoms with E-state index in [0.717, 1.165) is 37.3 Å². The van der Waals surface area contributed by atoms with Gasteiger partial charge in [-0.15, -0.1) is 11.3 Å². The fourth-order valence-electron chi connectivity index (χ4n) is 3.39. The molecule has 20 heavy (non-hydrogen) atoms. The normalized spacial score (nSPS) is 27.4. The highest BCUT2D eigenvalue weighted by atomic mass is 32.1. The molecule has 1 aliphatic heterocycles. The van der Waals surface area contributed by atoms with Gasteiger partial charge in [0.05, 0.1) is 11.7 Å². The lowest BCUT2D eigenvalue weighted by molar-refractivity contribution is 0.0761. The predicted octanol–water partition coefficient (Wildman–Crippen LogP) is 2.72. The quantitative estimate of drug-likeness (QED) is 0.911. The van der Waals surface area contributed by atoms with E-state index in [9.17, 15) is 9.90 Å². The molecule has 4 heteroatoms. The van der Waals surface area contributed by atoms with Crippen LogP contribution in [0.1, 0.15) is 47.5 Å². The number of amides is 1. The Bertz CT molecular complexity index is 509. The van der Waals surface area contributed by atoms with Crippen LogP contribution in [-0.4, -0.2) is 35.1 Å². The van der Waals surface area contributed by atoms with Crippen LogP contribution in [0.3, 0.4) is 0 Å². The Morgan fingerprint density at radius 3 is 3.00 bits per heavy atom. The Hall–Kier alpha value is -0.870. The lowest BCUT2D eigenvalue weighted by Gasteiger charge is -2.21. The second-order valence-corrected chi connectivity index (χ2v) is 7.40. The van der Waals surface area contributed by atoms with Crippen molar-refractivity contribution in [2.75, 3.05) is 13.1 Å². The molecule has 3 nitrogen and oxygen atoms in total. The zero-order valence-electron chi connectivity index (χ0n) is 12.3. The van der Waals surface area contributed by atoms with Crippen LogP contribution in [0.25, 0.3) is 0 Å². The van der Waals surface area contributed by atoms with Crippen molar-refractivity contribution in [2.45, 2.75) is 45.6 Å². The maximum absolute atomic E-state index is 12.7. The lowest BCUT2D eigenvalue weighted by Crippen LogP contribution is -2.31. The number of aliphatic hydroxyl groups is 1. The van der Waals surface area contributed by atoms with E-state index < -0.39 is 0 Å². The van der Waals surface area contributed by atoms with Gasteiger partial charge in [0.2, 0.25) is 0 Å². The minimum absolute atomic E-state index is 0.181. The summed E-state index contributed by atoms with van der Waals surface area (Å²) in [5, 5.41) is 11.7. The number of carbonyl (C=O) groups is 1. The molecule has 1 aliphatic carbocycles. The van der Waals surface area contributed by atoms with Crippen molar-refractivity contribution in [3.8, 4) is 0 Å². The van der Waals surface area contributed by atoms with Crippen LogP contribution in [0.2, 0.25) is 0 Å². The molecule has 0 bridgehead atoms. The molecule has 0 spiro atoms. The van der Waals surface area contributed by atoms with E-state index in [-0.39, 0.29) is 17.9 Å². The van der Waals surface area contributed by atoms with E-state index in [1.165, 1.54) is 16.9 Å². The maximum atomic E-state index is 12.7. The van der Waals surface area contributed by atoms with Crippen molar-refractivity contribution in [3.63, 3.8) is 0 Å². The largest absolute Gasteiger partial charge is 0.393 e. The highest BCUT2D eigenvalue weighted by molar-refractivity contribution is 7.10. The molecule has 2 heterocycles. The van der Waals surface area contributed by atoms with Gasteiger partial charge >= 0.3 is 0 Å². The summed E-state index contributed by atoms with van der Waals surface area (Å²) in [4.78, 5) is 16.0. The number of aliphatic hydroxyl groups excluding tert-OH is 1. The molecule has 2 aliphatic rings. The first kappa shape index (κ1) is 14.1. The molecular formula is C16H23NO2S. The molecule has 110 valence electrons. The van der Waals surface area contributed by atoms with Crippen LogP contribution < -0.4 is 0 Å². The molecule has 3 rings (SSSR count). The number of likely N-dealkylation sites (tertiary alicyclic amines) is 1. The molecule has 3 unspecified atom stereocenters. The molecule has 0 radical (unpaired) electrons. The van der Waals surface area contributed by atoms with E-state index in [1.807, 2.05) is 11.8 Å². The number of nitrogens with zero attached hydrogens (tertiary/aromatic N) is 1. The molecule has 3 atom stereocenters. The Morgan fingerprint density at radius 2 is 2.30 bits per heavy atom. The summed E-state index contributed by atoms with van der Waals surface area (Å²) in [5.74, 6) is 1.17. The van der Waals surface area contributed by atoms with Gasteiger partial charge in [-0.25, -0.2) is 0 Å². The van der Waals surface area contributed by atoms with Crippen molar-refractivity contribution in [3.05, 3.63) is 21.4 Å². The predicted molar refractivity (Wildman–Crippen MR) is 81.2 cm³/mol. The Balaban J connectivity index is 1.76. The molecule has 1 amide bonds. The summed E-state index contributed by atoms with van der Waals surface area (Å²) < 4.78 is 0. The number of rotatable bonds is 2. The van der Waals surface area contributed by atoms with Gasteiger partial charge in [-0.3, -0.25) is 4.79 Å². The zero-order chi connectivity index (χ0) is 14.3. The van der Waals surface area contributed by atoms with Crippen LogP contribution in [-0.2, 0) is 12.8 Å².